The Morgan fingerprint density at radius 2 is 1.72 bits per heavy atom. The Hall–Kier alpha value is -2.73. The maximum absolute atomic E-state index is 9.18. The third-order valence-electron chi connectivity index (χ3n) is 3.00. The molecule has 3 aromatic rings. The van der Waals surface area contributed by atoms with Crippen molar-refractivity contribution in [3.05, 3.63) is 60.2 Å². The number of nitrogens with zero attached hydrogens (tertiary/aromatic N) is 2. The zero-order valence-electron chi connectivity index (χ0n) is 9.67. The quantitative estimate of drug-likeness (QED) is 0.702. The molecule has 3 nitrogen and oxygen atoms in total. The van der Waals surface area contributed by atoms with E-state index in [1.165, 1.54) is 0 Å². The third-order valence-corrected chi connectivity index (χ3v) is 3.00. The lowest BCUT2D eigenvalue weighted by atomic mass is 10.2. The summed E-state index contributed by atoms with van der Waals surface area (Å²) in [5.41, 5.74) is 8.51. The monoisotopic (exact) mass is 233 g/mol. The molecule has 0 amide bonds. The number of nitriles is 1. The Labute approximate surface area is 105 Å². The largest absolute Gasteiger partial charge is 0.385 e. The van der Waals surface area contributed by atoms with Crippen LogP contribution in [0.5, 0.6) is 0 Å². The van der Waals surface area contributed by atoms with Crippen molar-refractivity contribution in [1.82, 2.24) is 4.57 Å². The smallest absolute Gasteiger partial charge is 0.109 e. The summed E-state index contributed by atoms with van der Waals surface area (Å²) in [6.07, 6.45) is 0. The van der Waals surface area contributed by atoms with Crippen molar-refractivity contribution in [1.29, 1.82) is 5.26 Å². The average Bonchev–Trinajstić information content (AvgIpc) is 2.74. The second-order valence-electron chi connectivity index (χ2n) is 4.09. The topological polar surface area (TPSA) is 54.7 Å². The molecule has 0 unspecified atom stereocenters. The van der Waals surface area contributed by atoms with Gasteiger partial charge < -0.3 is 5.73 Å². The average molecular weight is 233 g/mol. The first-order chi connectivity index (χ1) is 8.81. The SMILES string of the molecule is N#Cc1ccccc1-n1c(N)cc2ccccc21. The van der Waals surface area contributed by atoms with Gasteiger partial charge >= 0.3 is 0 Å². The van der Waals surface area contributed by atoms with Gasteiger partial charge in [-0.25, -0.2) is 0 Å². The molecule has 1 heterocycles. The van der Waals surface area contributed by atoms with Crippen LogP contribution in [0.3, 0.4) is 0 Å². The van der Waals surface area contributed by atoms with Gasteiger partial charge in [0, 0.05) is 5.39 Å². The van der Waals surface area contributed by atoms with Crippen molar-refractivity contribution < 1.29 is 0 Å². The molecule has 2 aromatic carbocycles. The summed E-state index contributed by atoms with van der Waals surface area (Å²) in [5.74, 6) is 0.638. The molecule has 0 aliphatic rings. The highest BCUT2D eigenvalue weighted by Crippen LogP contribution is 2.27. The fourth-order valence-electron chi connectivity index (χ4n) is 2.21. The number of fused-ring (bicyclic) bond motifs is 1. The van der Waals surface area contributed by atoms with Crippen LogP contribution in [0.15, 0.2) is 54.6 Å². The van der Waals surface area contributed by atoms with Gasteiger partial charge in [-0.15, -0.1) is 0 Å². The molecular weight excluding hydrogens is 222 g/mol. The summed E-state index contributed by atoms with van der Waals surface area (Å²) in [6.45, 7) is 0. The minimum absolute atomic E-state index is 0.616. The van der Waals surface area contributed by atoms with E-state index < -0.39 is 0 Å². The fraction of sp³-hybridized carbons (Fsp3) is 0. The predicted molar refractivity (Wildman–Crippen MR) is 72.4 cm³/mol. The summed E-state index contributed by atoms with van der Waals surface area (Å²) >= 11 is 0. The molecule has 0 saturated carbocycles. The van der Waals surface area contributed by atoms with Gasteiger partial charge in [0.05, 0.1) is 16.8 Å². The Morgan fingerprint density at radius 3 is 2.56 bits per heavy atom. The van der Waals surface area contributed by atoms with E-state index in [1.54, 1.807) is 6.07 Å². The van der Waals surface area contributed by atoms with Gasteiger partial charge in [-0.1, -0.05) is 30.3 Å². The number of nitrogen functional groups attached to an aromatic ring is 1. The maximum atomic E-state index is 9.18. The lowest BCUT2D eigenvalue weighted by Crippen LogP contribution is -2.01. The molecule has 1 aromatic heterocycles. The Bertz CT molecular complexity index is 763. The number of hydrogen-bond acceptors (Lipinski definition) is 2. The highest BCUT2D eigenvalue weighted by atomic mass is 15.1. The van der Waals surface area contributed by atoms with E-state index in [0.29, 0.717) is 11.4 Å². The molecular formula is C15H11N3. The number of aromatic nitrogens is 1. The fourth-order valence-corrected chi connectivity index (χ4v) is 2.21. The second kappa shape index (κ2) is 3.94. The first-order valence-corrected chi connectivity index (χ1v) is 5.67. The van der Waals surface area contributed by atoms with Crippen LogP contribution in [-0.4, -0.2) is 4.57 Å². The molecule has 0 radical (unpaired) electrons. The van der Waals surface area contributed by atoms with Crippen molar-refractivity contribution >= 4 is 16.7 Å². The van der Waals surface area contributed by atoms with Crippen LogP contribution in [0.1, 0.15) is 5.56 Å². The van der Waals surface area contributed by atoms with Crippen molar-refractivity contribution in [2.75, 3.05) is 5.73 Å². The highest BCUT2D eigenvalue weighted by Gasteiger charge is 2.10. The van der Waals surface area contributed by atoms with Crippen LogP contribution in [-0.2, 0) is 0 Å². The number of anilines is 1. The molecule has 0 fully saturated rings. The van der Waals surface area contributed by atoms with Crippen molar-refractivity contribution in [2.45, 2.75) is 0 Å². The molecule has 0 aliphatic heterocycles. The van der Waals surface area contributed by atoms with Gasteiger partial charge in [-0.3, -0.25) is 4.57 Å². The lowest BCUT2D eigenvalue weighted by molar-refractivity contribution is 1.13. The lowest BCUT2D eigenvalue weighted by Gasteiger charge is -2.09. The standard InChI is InChI=1S/C15H11N3/c16-10-12-6-2-4-8-14(12)18-13-7-3-1-5-11(13)9-15(18)17/h1-9H,17H2. The molecule has 3 heteroatoms. The molecule has 18 heavy (non-hydrogen) atoms. The van der Waals surface area contributed by atoms with E-state index in [-0.39, 0.29) is 0 Å². The molecule has 0 spiro atoms. The molecule has 0 bridgehead atoms. The van der Waals surface area contributed by atoms with E-state index in [2.05, 4.69) is 6.07 Å². The van der Waals surface area contributed by atoms with E-state index in [4.69, 9.17) is 5.73 Å². The molecule has 0 aliphatic carbocycles. The van der Waals surface area contributed by atoms with Crippen LogP contribution < -0.4 is 5.73 Å². The van der Waals surface area contributed by atoms with Crippen LogP contribution in [0, 0.1) is 11.3 Å². The van der Waals surface area contributed by atoms with Gasteiger partial charge in [0.25, 0.3) is 0 Å². The zero-order chi connectivity index (χ0) is 12.5. The second-order valence-corrected chi connectivity index (χ2v) is 4.09. The van der Waals surface area contributed by atoms with Crippen LogP contribution in [0.25, 0.3) is 16.6 Å². The first-order valence-electron chi connectivity index (χ1n) is 5.67. The Morgan fingerprint density at radius 1 is 1.00 bits per heavy atom. The summed E-state index contributed by atoms with van der Waals surface area (Å²) in [7, 11) is 0. The normalized spacial score (nSPS) is 10.4. The van der Waals surface area contributed by atoms with E-state index in [1.807, 2.05) is 53.1 Å². The van der Waals surface area contributed by atoms with Gasteiger partial charge in [-0.2, -0.15) is 5.26 Å². The molecule has 86 valence electrons. The van der Waals surface area contributed by atoms with Gasteiger partial charge in [0.1, 0.15) is 11.9 Å². The summed E-state index contributed by atoms with van der Waals surface area (Å²) in [4.78, 5) is 0. The number of nitrogens with two attached hydrogens (primary N) is 1. The number of benzene rings is 2. The number of para-hydroxylation sites is 2. The number of hydrogen-bond donors (Lipinski definition) is 1. The van der Waals surface area contributed by atoms with Crippen molar-refractivity contribution in [3.8, 4) is 11.8 Å². The van der Waals surface area contributed by atoms with Crippen molar-refractivity contribution in [2.24, 2.45) is 0 Å². The van der Waals surface area contributed by atoms with Gasteiger partial charge in [0.15, 0.2) is 0 Å². The molecule has 0 atom stereocenters. The van der Waals surface area contributed by atoms with E-state index in [9.17, 15) is 5.26 Å². The Balaban J connectivity index is 2.39. The summed E-state index contributed by atoms with van der Waals surface area (Å²) in [6, 6.07) is 19.5. The summed E-state index contributed by atoms with van der Waals surface area (Å²) in [5, 5.41) is 10.2. The van der Waals surface area contributed by atoms with Crippen LogP contribution >= 0.6 is 0 Å². The minimum atomic E-state index is 0.616. The van der Waals surface area contributed by atoms with E-state index >= 15 is 0 Å². The van der Waals surface area contributed by atoms with Gasteiger partial charge in [0.2, 0.25) is 0 Å². The molecule has 2 N–H and O–H groups in total. The molecule has 0 saturated heterocycles. The first kappa shape index (κ1) is 10.4. The van der Waals surface area contributed by atoms with Gasteiger partial charge in [-0.05, 0) is 24.3 Å². The van der Waals surface area contributed by atoms with E-state index in [0.717, 1.165) is 16.6 Å². The van der Waals surface area contributed by atoms with Crippen LogP contribution in [0.2, 0.25) is 0 Å². The van der Waals surface area contributed by atoms with Crippen LogP contribution in [0.4, 0.5) is 5.82 Å². The minimum Gasteiger partial charge on any atom is -0.385 e. The zero-order valence-corrected chi connectivity index (χ0v) is 9.67. The summed E-state index contributed by atoms with van der Waals surface area (Å²) < 4.78 is 1.91. The number of rotatable bonds is 1. The Kier molecular flexibility index (Phi) is 2.28. The predicted octanol–water partition coefficient (Wildman–Crippen LogP) is 3.08. The maximum Gasteiger partial charge on any atom is 0.109 e. The molecule has 3 rings (SSSR count). The highest BCUT2D eigenvalue weighted by molar-refractivity contribution is 5.87. The third kappa shape index (κ3) is 1.44. The van der Waals surface area contributed by atoms with Crippen molar-refractivity contribution in [3.63, 3.8) is 0 Å².